The summed E-state index contributed by atoms with van der Waals surface area (Å²) in [7, 11) is 0. The Hall–Kier alpha value is -2.84. The molecule has 0 saturated heterocycles. The van der Waals surface area contributed by atoms with E-state index in [1.54, 1.807) is 15.9 Å². The minimum atomic E-state index is -0.139. The van der Waals surface area contributed by atoms with Crippen molar-refractivity contribution in [2.75, 3.05) is 0 Å². The van der Waals surface area contributed by atoms with E-state index in [1.165, 1.54) is 0 Å². The number of hydrogen-bond donors (Lipinski definition) is 2. The number of thiazole rings is 1. The number of amides is 1. The second kappa shape index (κ2) is 7.42. The van der Waals surface area contributed by atoms with Crippen LogP contribution in [0.1, 0.15) is 10.6 Å². The molecule has 0 radical (unpaired) electrons. The van der Waals surface area contributed by atoms with Gasteiger partial charge in [-0.05, 0) is 31.3 Å². The number of nitrogens with one attached hydrogen (secondary N) is 2. The van der Waals surface area contributed by atoms with Gasteiger partial charge < -0.3 is 5.32 Å². The van der Waals surface area contributed by atoms with Crippen molar-refractivity contribution in [2.45, 2.75) is 20.0 Å². The molecule has 0 aliphatic carbocycles. The zero-order valence-electron chi connectivity index (χ0n) is 14.6. The molecule has 6 nitrogen and oxygen atoms in total. The van der Waals surface area contributed by atoms with Crippen LogP contribution in [0.2, 0.25) is 0 Å². The molecule has 4 rings (SSSR count). The first-order valence-electron chi connectivity index (χ1n) is 8.43. The predicted octanol–water partition coefficient (Wildman–Crippen LogP) is 3.84. The first kappa shape index (κ1) is 17.6. The Balaban J connectivity index is 1.47. The van der Waals surface area contributed by atoms with Gasteiger partial charge in [0.2, 0.25) is 5.91 Å². The molecule has 0 bridgehead atoms. The smallest absolute Gasteiger partial charge is 0.240 e. The quantitative estimate of drug-likeness (QED) is 0.504. The standard InChI is InChI=1S/C19H17N5OS2/c1-12-6-8-13(9-7-12)18-22-23-19(26)24(18)11-16(25)20-10-17-21-14-4-2-3-5-15(14)27-17/h2-9H,10-11H2,1H3,(H,20,25)(H,23,26). The third-order valence-electron chi connectivity index (χ3n) is 4.14. The van der Waals surface area contributed by atoms with E-state index >= 15 is 0 Å². The van der Waals surface area contributed by atoms with Gasteiger partial charge >= 0.3 is 0 Å². The third kappa shape index (κ3) is 3.81. The lowest BCUT2D eigenvalue weighted by atomic mass is 10.1. The summed E-state index contributed by atoms with van der Waals surface area (Å²) in [5.74, 6) is 0.509. The van der Waals surface area contributed by atoms with Crippen LogP contribution >= 0.6 is 23.6 Å². The minimum Gasteiger partial charge on any atom is -0.348 e. The van der Waals surface area contributed by atoms with Gasteiger partial charge in [0.25, 0.3) is 0 Å². The average molecular weight is 396 g/mol. The molecule has 1 amide bonds. The van der Waals surface area contributed by atoms with Crippen LogP contribution in [-0.2, 0) is 17.9 Å². The first-order chi connectivity index (χ1) is 13.1. The molecule has 0 atom stereocenters. The molecular weight excluding hydrogens is 378 g/mol. The second-order valence-electron chi connectivity index (χ2n) is 6.16. The monoisotopic (exact) mass is 395 g/mol. The van der Waals surface area contributed by atoms with E-state index in [-0.39, 0.29) is 12.5 Å². The highest BCUT2D eigenvalue weighted by atomic mass is 32.1. The Kier molecular flexibility index (Phi) is 4.83. The maximum atomic E-state index is 12.4. The minimum absolute atomic E-state index is 0.101. The number of H-pyrrole nitrogens is 1. The summed E-state index contributed by atoms with van der Waals surface area (Å²) in [4.78, 5) is 17.0. The number of benzene rings is 2. The number of carbonyl (C=O) groups is 1. The predicted molar refractivity (Wildman–Crippen MR) is 109 cm³/mol. The fourth-order valence-electron chi connectivity index (χ4n) is 2.76. The summed E-state index contributed by atoms with van der Waals surface area (Å²) in [5, 5.41) is 10.8. The maximum absolute atomic E-state index is 12.4. The van der Waals surface area contributed by atoms with Gasteiger partial charge in [-0.2, -0.15) is 5.10 Å². The number of rotatable bonds is 5. The number of nitrogens with zero attached hydrogens (tertiary/aromatic N) is 3. The molecule has 2 N–H and O–H groups in total. The summed E-state index contributed by atoms with van der Waals surface area (Å²) in [6, 6.07) is 15.9. The van der Waals surface area contributed by atoms with Crippen LogP contribution in [0, 0.1) is 11.7 Å². The zero-order chi connectivity index (χ0) is 18.8. The number of hydrogen-bond acceptors (Lipinski definition) is 5. The summed E-state index contributed by atoms with van der Waals surface area (Å²) in [5.41, 5.74) is 3.02. The summed E-state index contributed by atoms with van der Waals surface area (Å²) in [6.45, 7) is 2.52. The first-order valence-corrected chi connectivity index (χ1v) is 9.66. The van der Waals surface area contributed by atoms with Gasteiger partial charge in [0.1, 0.15) is 11.6 Å². The van der Waals surface area contributed by atoms with Gasteiger partial charge in [-0.3, -0.25) is 14.5 Å². The lowest BCUT2D eigenvalue weighted by Crippen LogP contribution is -2.27. The topological polar surface area (TPSA) is 75.6 Å². The summed E-state index contributed by atoms with van der Waals surface area (Å²) < 4.78 is 3.23. The van der Waals surface area contributed by atoms with Crippen LogP contribution < -0.4 is 5.32 Å². The van der Waals surface area contributed by atoms with Crippen molar-refractivity contribution >= 4 is 39.7 Å². The molecule has 27 heavy (non-hydrogen) atoms. The maximum Gasteiger partial charge on any atom is 0.240 e. The van der Waals surface area contributed by atoms with Crippen LogP contribution in [0.5, 0.6) is 0 Å². The van der Waals surface area contributed by atoms with Crippen molar-refractivity contribution in [1.29, 1.82) is 0 Å². The van der Waals surface area contributed by atoms with Crippen molar-refractivity contribution < 1.29 is 4.79 Å². The van der Waals surface area contributed by atoms with Gasteiger partial charge in [-0.25, -0.2) is 4.98 Å². The van der Waals surface area contributed by atoms with Gasteiger partial charge in [-0.15, -0.1) is 11.3 Å². The average Bonchev–Trinajstić information content (AvgIpc) is 3.24. The highest BCUT2D eigenvalue weighted by Crippen LogP contribution is 2.21. The molecule has 0 fully saturated rings. The number of fused-ring (bicyclic) bond motifs is 1. The Morgan fingerprint density at radius 3 is 2.78 bits per heavy atom. The fourth-order valence-corrected chi connectivity index (χ4v) is 3.86. The van der Waals surface area contributed by atoms with Crippen molar-refractivity contribution in [1.82, 2.24) is 25.1 Å². The fraction of sp³-hybridized carbons (Fsp3) is 0.158. The Labute approximate surface area is 164 Å². The molecule has 8 heteroatoms. The molecule has 0 aliphatic rings. The number of aryl methyl sites for hydroxylation is 1. The number of aromatic amines is 1. The van der Waals surface area contributed by atoms with Gasteiger partial charge in [0.05, 0.1) is 16.8 Å². The van der Waals surface area contributed by atoms with E-state index in [0.29, 0.717) is 17.1 Å². The molecule has 2 aromatic heterocycles. The zero-order valence-corrected chi connectivity index (χ0v) is 16.2. The summed E-state index contributed by atoms with van der Waals surface area (Å²) in [6.07, 6.45) is 0. The lowest BCUT2D eigenvalue weighted by molar-refractivity contribution is -0.121. The SMILES string of the molecule is Cc1ccc(-c2n[nH]c(=S)n2CC(=O)NCc2nc3ccccc3s2)cc1. The van der Waals surface area contributed by atoms with E-state index in [9.17, 15) is 4.79 Å². The van der Waals surface area contributed by atoms with Crippen LogP contribution in [-0.4, -0.2) is 25.7 Å². The lowest BCUT2D eigenvalue weighted by Gasteiger charge is -2.07. The Bertz CT molecular complexity index is 1120. The third-order valence-corrected chi connectivity index (χ3v) is 5.49. The molecule has 2 aromatic carbocycles. The van der Waals surface area contributed by atoms with Crippen molar-refractivity contribution in [2.24, 2.45) is 0 Å². The number of carbonyl (C=O) groups excluding carboxylic acids is 1. The van der Waals surface area contributed by atoms with Crippen LogP contribution in [0.4, 0.5) is 0 Å². The molecule has 0 unspecified atom stereocenters. The van der Waals surface area contributed by atoms with Gasteiger partial charge in [0, 0.05) is 5.56 Å². The number of para-hydroxylation sites is 1. The molecule has 0 aliphatic heterocycles. The van der Waals surface area contributed by atoms with Crippen LogP contribution in [0.25, 0.3) is 21.6 Å². The van der Waals surface area contributed by atoms with E-state index in [1.807, 2.05) is 55.5 Å². The molecule has 136 valence electrons. The van der Waals surface area contributed by atoms with E-state index < -0.39 is 0 Å². The number of aromatic nitrogens is 4. The van der Waals surface area contributed by atoms with Gasteiger partial charge in [0.15, 0.2) is 10.6 Å². The van der Waals surface area contributed by atoms with Crippen molar-refractivity contribution in [3.05, 3.63) is 63.9 Å². The van der Waals surface area contributed by atoms with E-state index in [0.717, 1.165) is 26.4 Å². The molecular formula is C19H17N5OS2. The van der Waals surface area contributed by atoms with Gasteiger partial charge in [-0.1, -0.05) is 42.0 Å². The van der Waals surface area contributed by atoms with Crippen LogP contribution in [0.3, 0.4) is 0 Å². The largest absolute Gasteiger partial charge is 0.348 e. The normalized spacial score (nSPS) is 11.0. The summed E-state index contributed by atoms with van der Waals surface area (Å²) >= 11 is 6.87. The Morgan fingerprint density at radius 1 is 1.22 bits per heavy atom. The molecule has 0 spiro atoms. The van der Waals surface area contributed by atoms with Crippen molar-refractivity contribution in [3.8, 4) is 11.4 Å². The molecule has 0 saturated carbocycles. The highest BCUT2D eigenvalue weighted by molar-refractivity contribution is 7.71. The highest BCUT2D eigenvalue weighted by Gasteiger charge is 2.13. The van der Waals surface area contributed by atoms with Crippen LogP contribution in [0.15, 0.2) is 48.5 Å². The second-order valence-corrected chi connectivity index (χ2v) is 7.66. The van der Waals surface area contributed by atoms with E-state index in [2.05, 4.69) is 20.5 Å². The van der Waals surface area contributed by atoms with E-state index in [4.69, 9.17) is 12.2 Å². The Morgan fingerprint density at radius 2 is 2.00 bits per heavy atom. The molecule has 2 heterocycles. The van der Waals surface area contributed by atoms with Crippen molar-refractivity contribution in [3.63, 3.8) is 0 Å². The molecule has 4 aromatic rings.